The first kappa shape index (κ1) is 12.4. The molecule has 0 bridgehead atoms. The van der Waals surface area contributed by atoms with E-state index in [1.54, 1.807) is 23.9 Å². The first-order valence-corrected chi connectivity index (χ1v) is 6.96. The number of nitrogens with zero attached hydrogens (tertiary/aromatic N) is 1. The fourth-order valence-electron chi connectivity index (χ4n) is 0.927. The second-order valence-electron chi connectivity index (χ2n) is 3.12. The fraction of sp³-hybridized carbons (Fsp3) is 0.333. The van der Waals surface area contributed by atoms with Crippen molar-refractivity contribution in [2.75, 3.05) is 25.1 Å². The number of thioether (sulfide) groups is 1. The molecule has 84 valence electrons. The molecule has 0 spiro atoms. The minimum Gasteiger partial charge on any atom is -0.271 e. The third-order valence-electron chi connectivity index (χ3n) is 1.80. The zero-order valence-corrected chi connectivity index (χ0v) is 10.5. The molecule has 0 aliphatic rings. The van der Waals surface area contributed by atoms with Gasteiger partial charge in [0.25, 0.3) is 0 Å². The third kappa shape index (κ3) is 3.40. The Hall–Kier alpha value is -0.720. The summed E-state index contributed by atoms with van der Waals surface area (Å²) in [6, 6.07) is 7.27. The molecule has 0 unspecified atom stereocenters. The van der Waals surface area contributed by atoms with Gasteiger partial charge < -0.3 is 0 Å². The van der Waals surface area contributed by atoms with E-state index >= 15 is 0 Å². The van der Waals surface area contributed by atoms with Crippen LogP contribution in [0.1, 0.15) is 0 Å². The van der Waals surface area contributed by atoms with Gasteiger partial charge in [0.05, 0.1) is 5.69 Å². The van der Waals surface area contributed by atoms with Gasteiger partial charge in [-0.25, -0.2) is 0 Å². The van der Waals surface area contributed by atoms with Crippen molar-refractivity contribution in [3.63, 3.8) is 0 Å². The zero-order chi connectivity index (χ0) is 11.5. The van der Waals surface area contributed by atoms with Crippen LogP contribution in [0.5, 0.6) is 0 Å². The van der Waals surface area contributed by atoms with Gasteiger partial charge in [-0.15, -0.1) is 11.8 Å². The Morgan fingerprint density at radius 3 is 2.53 bits per heavy atom. The van der Waals surface area contributed by atoms with Gasteiger partial charge in [-0.05, 0) is 24.5 Å². The molecule has 0 fully saturated rings. The minimum absolute atomic E-state index is 0.579. The van der Waals surface area contributed by atoms with Gasteiger partial charge in [0, 0.05) is 19.0 Å². The van der Waals surface area contributed by atoms with Crippen LogP contribution in [0.15, 0.2) is 29.2 Å². The average molecular weight is 246 g/mol. The number of nitrogens with one attached hydrogen (secondary N) is 1. The molecule has 0 amide bonds. The molecule has 1 rings (SSSR count). The molecule has 4 nitrogen and oxygen atoms in total. The third-order valence-corrected chi connectivity index (χ3v) is 3.98. The SMILES string of the molecule is CSc1cccc(NS(=O)(=O)N(C)C)c1. The second-order valence-corrected chi connectivity index (χ2v) is 5.89. The highest BCUT2D eigenvalue weighted by Crippen LogP contribution is 2.19. The smallest absolute Gasteiger partial charge is 0.271 e. The summed E-state index contributed by atoms with van der Waals surface area (Å²) in [7, 11) is -0.428. The first-order valence-electron chi connectivity index (χ1n) is 4.30. The molecule has 15 heavy (non-hydrogen) atoms. The highest BCUT2D eigenvalue weighted by atomic mass is 32.2. The second kappa shape index (κ2) is 4.87. The van der Waals surface area contributed by atoms with E-state index < -0.39 is 10.2 Å². The van der Waals surface area contributed by atoms with Crippen LogP contribution in [0, 0.1) is 0 Å². The van der Waals surface area contributed by atoms with Crippen molar-refractivity contribution >= 4 is 27.7 Å². The molecule has 0 aliphatic carbocycles. The molecular weight excluding hydrogens is 232 g/mol. The lowest BCUT2D eigenvalue weighted by atomic mass is 10.3. The van der Waals surface area contributed by atoms with Crippen LogP contribution in [0.2, 0.25) is 0 Å². The molecule has 1 N–H and O–H groups in total. The summed E-state index contributed by atoms with van der Waals surface area (Å²) in [5, 5.41) is 0. The standard InChI is InChI=1S/C9H14N2O2S2/c1-11(2)15(12,13)10-8-5-4-6-9(7-8)14-3/h4-7,10H,1-3H3. The van der Waals surface area contributed by atoms with Crippen LogP contribution in [-0.4, -0.2) is 33.1 Å². The fourth-order valence-corrected chi connectivity index (χ4v) is 1.99. The lowest BCUT2D eigenvalue weighted by molar-refractivity contribution is 0.527. The maximum absolute atomic E-state index is 11.5. The molecule has 0 saturated heterocycles. The molecule has 1 aromatic carbocycles. The van der Waals surface area contributed by atoms with Gasteiger partial charge in [-0.1, -0.05) is 6.07 Å². The Morgan fingerprint density at radius 1 is 1.33 bits per heavy atom. The molecule has 0 heterocycles. The first-order chi connectivity index (χ1) is 6.95. The summed E-state index contributed by atoms with van der Waals surface area (Å²) in [6.45, 7) is 0. The van der Waals surface area contributed by atoms with Crippen molar-refractivity contribution in [3.05, 3.63) is 24.3 Å². The van der Waals surface area contributed by atoms with Crippen molar-refractivity contribution < 1.29 is 8.42 Å². The largest absolute Gasteiger partial charge is 0.301 e. The van der Waals surface area contributed by atoms with Crippen LogP contribution in [0.3, 0.4) is 0 Å². The highest BCUT2D eigenvalue weighted by molar-refractivity contribution is 7.98. The zero-order valence-electron chi connectivity index (χ0n) is 8.89. The van der Waals surface area contributed by atoms with E-state index in [1.165, 1.54) is 14.1 Å². The Kier molecular flexibility index (Phi) is 4.01. The predicted octanol–water partition coefficient (Wildman–Crippen LogP) is 1.63. The molecular formula is C9H14N2O2S2. The number of benzene rings is 1. The van der Waals surface area contributed by atoms with Crippen molar-refractivity contribution in [1.82, 2.24) is 4.31 Å². The monoisotopic (exact) mass is 246 g/mol. The van der Waals surface area contributed by atoms with E-state index in [0.29, 0.717) is 5.69 Å². The molecule has 0 aliphatic heterocycles. The lowest BCUT2D eigenvalue weighted by Gasteiger charge is -2.13. The Bertz CT molecular complexity index is 429. The van der Waals surface area contributed by atoms with Crippen molar-refractivity contribution in [2.45, 2.75) is 4.90 Å². The molecule has 6 heteroatoms. The summed E-state index contributed by atoms with van der Waals surface area (Å²) in [5.74, 6) is 0. The van der Waals surface area contributed by atoms with Gasteiger partial charge in [-0.3, -0.25) is 4.72 Å². The normalized spacial score (nSPS) is 11.7. The molecule has 0 radical (unpaired) electrons. The lowest BCUT2D eigenvalue weighted by Crippen LogP contribution is -2.28. The topological polar surface area (TPSA) is 49.4 Å². The van der Waals surface area contributed by atoms with Gasteiger partial charge in [0.15, 0.2) is 0 Å². The predicted molar refractivity (Wildman–Crippen MR) is 64.5 cm³/mol. The Balaban J connectivity index is 2.90. The summed E-state index contributed by atoms with van der Waals surface area (Å²) >= 11 is 1.57. The van der Waals surface area contributed by atoms with Crippen LogP contribution in [-0.2, 0) is 10.2 Å². The molecule has 0 atom stereocenters. The van der Waals surface area contributed by atoms with E-state index in [-0.39, 0.29) is 0 Å². The van der Waals surface area contributed by atoms with E-state index in [1.807, 2.05) is 18.4 Å². The highest BCUT2D eigenvalue weighted by Gasteiger charge is 2.12. The average Bonchev–Trinajstić information content (AvgIpc) is 2.17. The quantitative estimate of drug-likeness (QED) is 0.821. The van der Waals surface area contributed by atoms with Crippen LogP contribution in [0.25, 0.3) is 0 Å². The Labute approximate surface area is 94.9 Å². The van der Waals surface area contributed by atoms with E-state index in [2.05, 4.69) is 4.72 Å². The van der Waals surface area contributed by atoms with Crippen molar-refractivity contribution in [3.8, 4) is 0 Å². The minimum atomic E-state index is -3.40. The van der Waals surface area contributed by atoms with Crippen LogP contribution in [0.4, 0.5) is 5.69 Å². The van der Waals surface area contributed by atoms with Crippen LogP contribution >= 0.6 is 11.8 Å². The molecule has 0 aromatic heterocycles. The van der Waals surface area contributed by atoms with E-state index in [4.69, 9.17) is 0 Å². The van der Waals surface area contributed by atoms with Crippen LogP contribution < -0.4 is 4.72 Å². The van der Waals surface area contributed by atoms with Crippen molar-refractivity contribution in [1.29, 1.82) is 0 Å². The molecule has 0 saturated carbocycles. The van der Waals surface area contributed by atoms with E-state index in [0.717, 1.165) is 9.20 Å². The maximum atomic E-state index is 11.5. The van der Waals surface area contributed by atoms with Gasteiger partial charge in [-0.2, -0.15) is 12.7 Å². The van der Waals surface area contributed by atoms with Crippen molar-refractivity contribution in [2.24, 2.45) is 0 Å². The summed E-state index contributed by atoms with van der Waals surface area (Å²) in [4.78, 5) is 1.02. The Morgan fingerprint density at radius 2 is 2.00 bits per heavy atom. The van der Waals surface area contributed by atoms with Gasteiger partial charge in [0.1, 0.15) is 0 Å². The number of rotatable bonds is 4. The number of hydrogen-bond donors (Lipinski definition) is 1. The van der Waals surface area contributed by atoms with Gasteiger partial charge >= 0.3 is 10.2 Å². The van der Waals surface area contributed by atoms with Gasteiger partial charge in [0.2, 0.25) is 0 Å². The number of anilines is 1. The van der Waals surface area contributed by atoms with E-state index in [9.17, 15) is 8.42 Å². The number of hydrogen-bond acceptors (Lipinski definition) is 3. The maximum Gasteiger partial charge on any atom is 0.301 e. The molecule has 1 aromatic rings. The summed E-state index contributed by atoms with van der Waals surface area (Å²) in [5.41, 5.74) is 0.579. The summed E-state index contributed by atoms with van der Waals surface area (Å²) in [6.07, 6.45) is 1.94. The summed E-state index contributed by atoms with van der Waals surface area (Å²) < 4.78 is 26.6.